The SMILES string of the molecule is COc1cc(O)ccc1[C@H]1C2=CC[C@@H]3C(=O)N(c4ccc(C(=O)c5ccccc5)cc4)C(=O)[C@@H]3[C@@H]2C[C@H]2C(=O)N(c3ccc(F)c(Cl)c3)C(=O)[C@@]12C. The molecule has 0 bridgehead atoms. The van der Waals surface area contributed by atoms with Gasteiger partial charge in [-0.25, -0.2) is 9.29 Å². The van der Waals surface area contributed by atoms with Crippen molar-refractivity contribution in [3.63, 3.8) is 0 Å². The van der Waals surface area contributed by atoms with Gasteiger partial charge in [-0.3, -0.25) is 28.9 Å². The average Bonchev–Trinajstić information content (AvgIpc) is 3.52. The van der Waals surface area contributed by atoms with Crippen LogP contribution in [-0.2, 0) is 19.2 Å². The zero-order chi connectivity index (χ0) is 36.6. The highest BCUT2D eigenvalue weighted by Gasteiger charge is 2.68. The number of hydrogen-bond acceptors (Lipinski definition) is 7. The van der Waals surface area contributed by atoms with E-state index < -0.39 is 58.5 Å². The Morgan fingerprint density at radius 3 is 2.23 bits per heavy atom. The molecule has 2 aliphatic heterocycles. The van der Waals surface area contributed by atoms with Gasteiger partial charge in [-0.2, -0.15) is 0 Å². The van der Waals surface area contributed by atoms with Crippen molar-refractivity contribution in [2.45, 2.75) is 25.7 Å². The molecule has 11 heteroatoms. The number of methoxy groups -OCH3 is 1. The summed E-state index contributed by atoms with van der Waals surface area (Å²) in [6.07, 6.45) is 2.24. The lowest BCUT2D eigenvalue weighted by atomic mass is 9.51. The summed E-state index contributed by atoms with van der Waals surface area (Å²) in [6, 6.07) is 23.4. The molecule has 2 saturated heterocycles. The fourth-order valence-electron chi connectivity index (χ4n) is 8.94. The number of halogens is 2. The quantitative estimate of drug-likeness (QED) is 0.131. The Kier molecular flexibility index (Phi) is 7.91. The number of phenols is 1. The number of ether oxygens (including phenoxy) is 1. The minimum atomic E-state index is -1.39. The van der Waals surface area contributed by atoms with Gasteiger partial charge in [0.2, 0.25) is 23.6 Å². The number of carbonyl (C=O) groups excluding carboxylic acids is 5. The minimum Gasteiger partial charge on any atom is -0.508 e. The van der Waals surface area contributed by atoms with Crippen LogP contribution < -0.4 is 14.5 Å². The van der Waals surface area contributed by atoms with Crippen LogP contribution in [0, 0.1) is 34.9 Å². The molecule has 0 unspecified atom stereocenters. The fraction of sp³-hybridized carbons (Fsp3) is 0.244. The molecule has 3 fully saturated rings. The predicted molar refractivity (Wildman–Crippen MR) is 189 cm³/mol. The standard InChI is InChI=1S/C41H32ClFN2O7/c1-41-30(38(49)45(40(41)51)24-12-17-32(43)31(42)18-24)20-29-26(35(41)27-14-13-25(46)19-33(27)52-2)15-16-28-34(29)39(50)44(37(28)48)23-10-8-22(9-11-23)36(47)21-6-4-3-5-7-21/h3-15,17-19,28-30,34-35,46H,16,20H2,1-2H3/t28-,29+,30-,34-,35+,41+/m0/s1. The van der Waals surface area contributed by atoms with Crippen LogP contribution in [0.25, 0.3) is 0 Å². The maximum absolute atomic E-state index is 14.6. The van der Waals surface area contributed by atoms with Crippen LogP contribution in [0.15, 0.2) is 103 Å². The van der Waals surface area contributed by atoms with Crippen molar-refractivity contribution in [3.05, 3.63) is 130 Å². The summed E-state index contributed by atoms with van der Waals surface area (Å²) in [5.74, 6) is -6.38. The van der Waals surface area contributed by atoms with E-state index in [4.69, 9.17) is 16.3 Å². The van der Waals surface area contributed by atoms with Crippen molar-refractivity contribution in [2.75, 3.05) is 16.9 Å². The van der Waals surface area contributed by atoms with Crippen LogP contribution in [-0.4, -0.2) is 41.6 Å². The summed E-state index contributed by atoms with van der Waals surface area (Å²) in [5, 5.41) is 10.1. The first-order valence-electron chi connectivity index (χ1n) is 16.9. The molecular formula is C41H32ClFN2O7. The zero-order valence-corrected chi connectivity index (χ0v) is 28.8. The molecule has 1 saturated carbocycles. The zero-order valence-electron chi connectivity index (χ0n) is 28.1. The summed E-state index contributed by atoms with van der Waals surface area (Å²) in [7, 11) is 1.44. The molecule has 0 aromatic heterocycles. The van der Waals surface area contributed by atoms with E-state index in [0.29, 0.717) is 22.4 Å². The second kappa shape index (κ2) is 12.3. The highest BCUT2D eigenvalue weighted by molar-refractivity contribution is 6.32. The molecular weight excluding hydrogens is 687 g/mol. The molecule has 6 atom stereocenters. The summed E-state index contributed by atoms with van der Waals surface area (Å²) < 4.78 is 19.9. The van der Waals surface area contributed by atoms with Crippen molar-refractivity contribution in [2.24, 2.45) is 29.1 Å². The summed E-state index contributed by atoms with van der Waals surface area (Å²) in [6.45, 7) is 1.72. The highest BCUT2D eigenvalue weighted by atomic mass is 35.5. The molecule has 1 N–H and O–H groups in total. The van der Waals surface area contributed by atoms with Gasteiger partial charge in [0.05, 0.1) is 46.7 Å². The molecule has 52 heavy (non-hydrogen) atoms. The molecule has 4 aromatic rings. The van der Waals surface area contributed by atoms with Crippen molar-refractivity contribution >= 4 is 52.4 Å². The van der Waals surface area contributed by atoms with Gasteiger partial charge in [-0.15, -0.1) is 0 Å². The van der Waals surface area contributed by atoms with E-state index in [9.17, 15) is 33.5 Å². The van der Waals surface area contributed by atoms with Crippen molar-refractivity contribution in [1.82, 2.24) is 0 Å². The third-order valence-corrected chi connectivity index (χ3v) is 11.7. The van der Waals surface area contributed by atoms with Crippen molar-refractivity contribution in [3.8, 4) is 11.5 Å². The molecule has 4 aromatic carbocycles. The predicted octanol–water partition coefficient (Wildman–Crippen LogP) is 6.86. The van der Waals surface area contributed by atoms with E-state index in [1.165, 1.54) is 36.3 Å². The smallest absolute Gasteiger partial charge is 0.241 e. The van der Waals surface area contributed by atoms with Crippen LogP contribution in [0.5, 0.6) is 11.5 Å². The Labute approximate surface area is 303 Å². The van der Waals surface area contributed by atoms with Crippen molar-refractivity contribution < 1.29 is 38.2 Å². The van der Waals surface area contributed by atoms with Gasteiger partial charge in [0.25, 0.3) is 0 Å². The second-order valence-corrected chi connectivity index (χ2v) is 14.3. The average molecular weight is 719 g/mol. The minimum absolute atomic E-state index is 0.0625. The van der Waals surface area contributed by atoms with Crippen LogP contribution in [0.4, 0.5) is 15.8 Å². The Balaban J connectivity index is 1.20. The van der Waals surface area contributed by atoms with Gasteiger partial charge in [0.15, 0.2) is 5.78 Å². The van der Waals surface area contributed by atoms with Gasteiger partial charge in [-0.05, 0) is 74.2 Å². The van der Waals surface area contributed by atoms with E-state index in [0.717, 1.165) is 16.5 Å². The molecule has 9 nitrogen and oxygen atoms in total. The van der Waals surface area contributed by atoms with E-state index in [-0.39, 0.29) is 46.7 Å². The number of aromatic hydroxyl groups is 1. The molecule has 4 amide bonds. The highest BCUT2D eigenvalue weighted by Crippen LogP contribution is 2.64. The number of benzene rings is 4. The maximum Gasteiger partial charge on any atom is 0.241 e. The number of rotatable bonds is 6. The Morgan fingerprint density at radius 1 is 0.846 bits per heavy atom. The molecule has 8 rings (SSSR count). The lowest BCUT2D eigenvalue weighted by Gasteiger charge is -2.49. The number of phenolic OH excluding ortho intramolecular Hbond substituents is 1. The van der Waals surface area contributed by atoms with Crippen LogP contribution in [0.1, 0.15) is 47.2 Å². The van der Waals surface area contributed by atoms with Gasteiger partial charge in [-0.1, -0.05) is 59.6 Å². The lowest BCUT2D eigenvalue weighted by molar-refractivity contribution is -0.131. The van der Waals surface area contributed by atoms with Crippen LogP contribution >= 0.6 is 11.6 Å². The number of amides is 4. The number of ketones is 1. The number of fused-ring (bicyclic) bond motifs is 4. The number of nitrogens with zero attached hydrogens (tertiary/aromatic N) is 2. The molecule has 2 aliphatic carbocycles. The van der Waals surface area contributed by atoms with Gasteiger partial charge < -0.3 is 9.84 Å². The summed E-state index contributed by atoms with van der Waals surface area (Å²) in [5.41, 5.74) is 1.26. The van der Waals surface area contributed by atoms with Crippen molar-refractivity contribution in [1.29, 1.82) is 0 Å². The first-order chi connectivity index (χ1) is 24.9. The Hall–Kier alpha value is -5.61. The van der Waals surface area contributed by atoms with Gasteiger partial charge in [0, 0.05) is 28.7 Å². The topological polar surface area (TPSA) is 121 Å². The van der Waals surface area contributed by atoms with Gasteiger partial charge >= 0.3 is 0 Å². The third kappa shape index (κ3) is 4.84. The first kappa shape index (κ1) is 33.5. The second-order valence-electron chi connectivity index (χ2n) is 13.9. The summed E-state index contributed by atoms with van der Waals surface area (Å²) >= 11 is 6.10. The van der Waals surface area contributed by atoms with Gasteiger partial charge in [0.1, 0.15) is 17.3 Å². The maximum atomic E-state index is 14.6. The lowest BCUT2D eigenvalue weighted by Crippen LogP contribution is -2.49. The normalized spacial score (nSPS) is 26.5. The molecule has 0 radical (unpaired) electrons. The fourth-order valence-corrected chi connectivity index (χ4v) is 9.12. The number of hydrogen-bond donors (Lipinski definition) is 1. The third-order valence-electron chi connectivity index (χ3n) is 11.4. The number of anilines is 2. The largest absolute Gasteiger partial charge is 0.508 e. The Morgan fingerprint density at radius 2 is 1.54 bits per heavy atom. The molecule has 2 heterocycles. The van der Waals surface area contributed by atoms with E-state index in [1.54, 1.807) is 61.5 Å². The molecule has 262 valence electrons. The van der Waals surface area contributed by atoms with Crippen LogP contribution in [0.2, 0.25) is 5.02 Å². The van der Waals surface area contributed by atoms with Crippen LogP contribution in [0.3, 0.4) is 0 Å². The monoisotopic (exact) mass is 718 g/mol. The number of imide groups is 2. The Bertz CT molecular complexity index is 2240. The number of allylic oxidation sites excluding steroid dienone is 2. The van der Waals surface area contributed by atoms with E-state index in [1.807, 2.05) is 12.1 Å². The first-order valence-corrected chi connectivity index (χ1v) is 17.3. The van der Waals surface area contributed by atoms with E-state index in [2.05, 4.69) is 0 Å². The van der Waals surface area contributed by atoms with E-state index >= 15 is 0 Å². The number of carbonyl (C=O) groups is 5. The summed E-state index contributed by atoms with van der Waals surface area (Å²) in [4.78, 5) is 72.8. The molecule has 0 spiro atoms. The molecule has 4 aliphatic rings.